The van der Waals surface area contributed by atoms with Gasteiger partial charge in [-0.25, -0.2) is 0 Å². The van der Waals surface area contributed by atoms with Crippen LogP contribution in [-0.4, -0.2) is 25.5 Å². The maximum Gasteiger partial charge on any atom is 0.220 e. The lowest BCUT2D eigenvalue weighted by molar-refractivity contribution is -0.121. The molecule has 0 aliphatic carbocycles. The maximum absolute atomic E-state index is 11.8. The summed E-state index contributed by atoms with van der Waals surface area (Å²) in [6.07, 6.45) is 3.47. The standard InChI is InChI=1S/C15H20Cl2N2O/c16-13-3-1-2-12(15(13)17)7-9-19-14(20)5-4-11-6-8-18-10-11/h1-3,11,18H,4-10H2,(H,19,20). The van der Waals surface area contributed by atoms with Crippen molar-refractivity contribution in [3.63, 3.8) is 0 Å². The van der Waals surface area contributed by atoms with Crippen molar-refractivity contribution in [1.82, 2.24) is 10.6 Å². The van der Waals surface area contributed by atoms with E-state index in [0.29, 0.717) is 35.3 Å². The zero-order chi connectivity index (χ0) is 14.4. The highest BCUT2D eigenvalue weighted by Crippen LogP contribution is 2.25. The van der Waals surface area contributed by atoms with E-state index in [9.17, 15) is 4.79 Å². The van der Waals surface area contributed by atoms with Gasteiger partial charge in [-0.15, -0.1) is 0 Å². The van der Waals surface area contributed by atoms with Gasteiger partial charge in [0.15, 0.2) is 0 Å². The van der Waals surface area contributed by atoms with E-state index in [1.807, 2.05) is 12.1 Å². The van der Waals surface area contributed by atoms with Crippen LogP contribution in [0.15, 0.2) is 18.2 Å². The molecule has 1 aliphatic rings. The Morgan fingerprint density at radius 2 is 2.25 bits per heavy atom. The lowest BCUT2D eigenvalue weighted by Crippen LogP contribution is -2.26. The lowest BCUT2D eigenvalue weighted by Gasteiger charge is -2.09. The largest absolute Gasteiger partial charge is 0.356 e. The number of carbonyl (C=O) groups is 1. The fourth-order valence-electron chi connectivity index (χ4n) is 2.46. The molecule has 0 bridgehead atoms. The molecule has 0 aromatic heterocycles. The molecule has 110 valence electrons. The Balaban J connectivity index is 1.67. The molecule has 1 heterocycles. The van der Waals surface area contributed by atoms with E-state index in [1.54, 1.807) is 6.07 Å². The van der Waals surface area contributed by atoms with Gasteiger partial charge in [-0.05, 0) is 49.9 Å². The molecule has 1 unspecified atom stereocenters. The average molecular weight is 315 g/mol. The molecular weight excluding hydrogens is 295 g/mol. The number of nitrogens with one attached hydrogen (secondary N) is 2. The number of amides is 1. The molecule has 20 heavy (non-hydrogen) atoms. The van der Waals surface area contributed by atoms with Gasteiger partial charge in [0.05, 0.1) is 10.0 Å². The molecule has 1 aromatic rings. The summed E-state index contributed by atoms with van der Waals surface area (Å²) >= 11 is 12.1. The van der Waals surface area contributed by atoms with Crippen LogP contribution < -0.4 is 10.6 Å². The predicted molar refractivity (Wildman–Crippen MR) is 83.4 cm³/mol. The molecule has 1 amide bonds. The highest BCUT2D eigenvalue weighted by atomic mass is 35.5. The highest BCUT2D eigenvalue weighted by Gasteiger charge is 2.15. The Labute approximate surface area is 130 Å². The van der Waals surface area contributed by atoms with Crippen LogP contribution in [0.1, 0.15) is 24.8 Å². The molecule has 1 aliphatic heterocycles. The Morgan fingerprint density at radius 3 is 3.00 bits per heavy atom. The summed E-state index contributed by atoms with van der Waals surface area (Å²) in [6, 6.07) is 5.57. The third-order valence-electron chi connectivity index (χ3n) is 3.69. The van der Waals surface area contributed by atoms with Crippen molar-refractivity contribution < 1.29 is 4.79 Å². The van der Waals surface area contributed by atoms with Gasteiger partial charge in [0.25, 0.3) is 0 Å². The topological polar surface area (TPSA) is 41.1 Å². The monoisotopic (exact) mass is 314 g/mol. The summed E-state index contributed by atoms with van der Waals surface area (Å²) in [7, 11) is 0. The molecule has 0 radical (unpaired) electrons. The number of hydrogen-bond donors (Lipinski definition) is 2. The molecule has 1 saturated heterocycles. The Hall–Kier alpha value is -0.770. The van der Waals surface area contributed by atoms with Crippen LogP contribution in [-0.2, 0) is 11.2 Å². The van der Waals surface area contributed by atoms with Crippen LogP contribution in [0.4, 0.5) is 0 Å². The Kier molecular flexibility index (Phi) is 6.14. The van der Waals surface area contributed by atoms with Gasteiger partial charge < -0.3 is 10.6 Å². The first kappa shape index (κ1) is 15.6. The number of halogens is 2. The molecule has 5 heteroatoms. The van der Waals surface area contributed by atoms with Crippen molar-refractivity contribution in [2.75, 3.05) is 19.6 Å². The molecule has 3 nitrogen and oxygen atoms in total. The Bertz CT molecular complexity index is 459. The summed E-state index contributed by atoms with van der Waals surface area (Å²) in [5.41, 5.74) is 0.972. The fraction of sp³-hybridized carbons (Fsp3) is 0.533. The van der Waals surface area contributed by atoms with E-state index < -0.39 is 0 Å². The lowest BCUT2D eigenvalue weighted by atomic mass is 10.0. The molecule has 2 N–H and O–H groups in total. The van der Waals surface area contributed by atoms with E-state index in [-0.39, 0.29) is 5.91 Å². The first-order valence-corrected chi connectivity index (χ1v) is 7.82. The van der Waals surface area contributed by atoms with Crippen LogP contribution in [0.2, 0.25) is 10.0 Å². The van der Waals surface area contributed by atoms with Crippen LogP contribution in [0.25, 0.3) is 0 Å². The fourth-order valence-corrected chi connectivity index (χ4v) is 2.88. The van der Waals surface area contributed by atoms with Crippen molar-refractivity contribution >= 4 is 29.1 Å². The van der Waals surface area contributed by atoms with Gasteiger partial charge in [0.1, 0.15) is 0 Å². The first-order valence-electron chi connectivity index (χ1n) is 7.07. The van der Waals surface area contributed by atoms with Gasteiger partial charge in [0, 0.05) is 13.0 Å². The van der Waals surface area contributed by atoms with Crippen LogP contribution in [0.3, 0.4) is 0 Å². The zero-order valence-corrected chi connectivity index (χ0v) is 12.9. The predicted octanol–water partition coefficient (Wildman–Crippen LogP) is 3.04. The average Bonchev–Trinajstić information content (AvgIpc) is 2.94. The summed E-state index contributed by atoms with van der Waals surface area (Å²) in [5, 5.41) is 7.40. The van der Waals surface area contributed by atoms with E-state index in [1.165, 1.54) is 6.42 Å². The Morgan fingerprint density at radius 1 is 1.40 bits per heavy atom. The van der Waals surface area contributed by atoms with Crippen molar-refractivity contribution in [2.45, 2.75) is 25.7 Å². The van der Waals surface area contributed by atoms with Crippen molar-refractivity contribution in [3.05, 3.63) is 33.8 Å². The van der Waals surface area contributed by atoms with E-state index in [4.69, 9.17) is 23.2 Å². The minimum Gasteiger partial charge on any atom is -0.356 e. The summed E-state index contributed by atoms with van der Waals surface area (Å²) in [4.78, 5) is 11.8. The molecule has 1 atom stereocenters. The quantitative estimate of drug-likeness (QED) is 0.847. The first-order chi connectivity index (χ1) is 9.66. The van der Waals surface area contributed by atoms with Gasteiger partial charge in [0.2, 0.25) is 5.91 Å². The highest BCUT2D eigenvalue weighted by molar-refractivity contribution is 6.42. The zero-order valence-electron chi connectivity index (χ0n) is 11.4. The second kappa shape index (κ2) is 7.87. The summed E-state index contributed by atoms with van der Waals surface area (Å²) in [5.74, 6) is 0.776. The van der Waals surface area contributed by atoms with Crippen molar-refractivity contribution in [3.8, 4) is 0 Å². The van der Waals surface area contributed by atoms with Gasteiger partial charge in [-0.2, -0.15) is 0 Å². The SMILES string of the molecule is O=C(CCC1CCNC1)NCCc1cccc(Cl)c1Cl. The maximum atomic E-state index is 11.8. The van der Waals surface area contributed by atoms with Gasteiger partial charge in [-0.1, -0.05) is 35.3 Å². The van der Waals surface area contributed by atoms with Crippen LogP contribution in [0, 0.1) is 5.92 Å². The minimum atomic E-state index is 0.120. The molecular formula is C15H20Cl2N2O. The molecule has 1 fully saturated rings. The molecule has 0 spiro atoms. The van der Waals surface area contributed by atoms with E-state index in [2.05, 4.69) is 10.6 Å². The van der Waals surface area contributed by atoms with Crippen LogP contribution >= 0.6 is 23.2 Å². The number of benzene rings is 1. The number of hydrogen-bond acceptors (Lipinski definition) is 2. The summed E-state index contributed by atoms with van der Waals surface area (Å²) in [6.45, 7) is 2.73. The molecule has 2 rings (SSSR count). The van der Waals surface area contributed by atoms with Crippen LogP contribution in [0.5, 0.6) is 0 Å². The normalized spacial score (nSPS) is 18.2. The second-order valence-electron chi connectivity index (χ2n) is 5.21. The third-order valence-corrected chi connectivity index (χ3v) is 4.55. The number of rotatable bonds is 6. The van der Waals surface area contributed by atoms with Gasteiger partial charge >= 0.3 is 0 Å². The van der Waals surface area contributed by atoms with Gasteiger partial charge in [-0.3, -0.25) is 4.79 Å². The van der Waals surface area contributed by atoms with Crippen molar-refractivity contribution in [1.29, 1.82) is 0 Å². The third kappa shape index (κ3) is 4.65. The minimum absolute atomic E-state index is 0.120. The molecule has 0 saturated carbocycles. The molecule has 1 aromatic carbocycles. The van der Waals surface area contributed by atoms with E-state index >= 15 is 0 Å². The number of carbonyl (C=O) groups excluding carboxylic acids is 1. The van der Waals surface area contributed by atoms with E-state index in [0.717, 1.165) is 25.1 Å². The summed E-state index contributed by atoms with van der Waals surface area (Å²) < 4.78 is 0. The van der Waals surface area contributed by atoms with Crippen molar-refractivity contribution in [2.24, 2.45) is 5.92 Å². The second-order valence-corrected chi connectivity index (χ2v) is 6.00. The smallest absolute Gasteiger partial charge is 0.220 e.